The van der Waals surface area contributed by atoms with Crippen molar-refractivity contribution in [1.29, 1.82) is 0 Å². The van der Waals surface area contributed by atoms with Gasteiger partial charge in [-0.2, -0.15) is 8.42 Å². The lowest BCUT2D eigenvalue weighted by Gasteiger charge is -2.13. The van der Waals surface area contributed by atoms with Crippen molar-refractivity contribution in [3.63, 3.8) is 0 Å². The van der Waals surface area contributed by atoms with Crippen molar-refractivity contribution in [2.45, 2.75) is 12.8 Å². The van der Waals surface area contributed by atoms with E-state index in [1.807, 2.05) is 12.2 Å². The van der Waals surface area contributed by atoms with Gasteiger partial charge in [-0.1, -0.05) is 36.4 Å². The molecule has 0 aliphatic heterocycles. The maximum absolute atomic E-state index is 12.5. The molecule has 0 bridgehead atoms. The molecule has 4 N–H and O–H groups in total. The molecular formula is C22H20IN3O5S. The van der Waals surface area contributed by atoms with Gasteiger partial charge < -0.3 is 10.1 Å². The molecule has 2 aromatic rings. The minimum absolute atomic E-state index is 0.283. The molecule has 0 atom stereocenters. The van der Waals surface area contributed by atoms with Crippen LogP contribution in [0.2, 0.25) is 0 Å². The van der Waals surface area contributed by atoms with Gasteiger partial charge in [0, 0.05) is 9.14 Å². The zero-order valence-electron chi connectivity index (χ0n) is 16.7. The second-order valence-corrected chi connectivity index (χ2v) is 9.33. The van der Waals surface area contributed by atoms with Crippen LogP contribution in [0.5, 0.6) is 5.75 Å². The average molecular weight is 565 g/mol. The summed E-state index contributed by atoms with van der Waals surface area (Å²) >= 11 is 2.25. The van der Waals surface area contributed by atoms with Gasteiger partial charge in [0.2, 0.25) is 0 Å². The molecule has 0 saturated heterocycles. The van der Waals surface area contributed by atoms with Crippen molar-refractivity contribution in [2.75, 3.05) is 0 Å². The molecule has 0 saturated carbocycles. The van der Waals surface area contributed by atoms with Crippen LogP contribution in [-0.2, 0) is 15.0 Å². The highest BCUT2D eigenvalue weighted by Crippen LogP contribution is 2.27. The van der Waals surface area contributed by atoms with Crippen molar-refractivity contribution in [3.05, 3.63) is 92.9 Å². The summed E-state index contributed by atoms with van der Waals surface area (Å²) in [7, 11) is -4.31. The number of rotatable bonds is 7. The van der Waals surface area contributed by atoms with Gasteiger partial charge in [0.25, 0.3) is 22.0 Å². The molecular weight excluding hydrogens is 545 g/mol. The molecule has 8 nitrogen and oxygen atoms in total. The van der Waals surface area contributed by atoms with Crippen molar-refractivity contribution in [1.82, 2.24) is 10.0 Å². The van der Waals surface area contributed by atoms with Crippen LogP contribution in [0, 0.1) is 0 Å². The van der Waals surface area contributed by atoms with Crippen LogP contribution in [0.3, 0.4) is 0 Å². The van der Waals surface area contributed by atoms with Crippen molar-refractivity contribution < 1.29 is 22.7 Å². The van der Waals surface area contributed by atoms with Gasteiger partial charge >= 0.3 is 0 Å². The average Bonchev–Trinajstić information content (AvgIpc) is 2.75. The summed E-state index contributed by atoms with van der Waals surface area (Å²) < 4.78 is 31.3. The number of benzene rings is 2. The number of amides is 2. The number of nitrogens with one attached hydrogen (secondary N) is 2. The molecule has 2 amide bonds. The van der Waals surface area contributed by atoms with E-state index in [1.165, 1.54) is 6.08 Å². The summed E-state index contributed by atoms with van der Waals surface area (Å²) in [5.41, 5.74) is 0.552. The first-order valence-electron chi connectivity index (χ1n) is 9.47. The molecule has 0 spiro atoms. The van der Waals surface area contributed by atoms with Crippen molar-refractivity contribution in [2.24, 2.45) is 5.14 Å². The van der Waals surface area contributed by atoms with Gasteiger partial charge in [0.15, 0.2) is 0 Å². The Balaban J connectivity index is 1.83. The number of nitrogens with two attached hydrogens (primary N) is 1. The first-order valence-corrected chi connectivity index (χ1v) is 12.1. The summed E-state index contributed by atoms with van der Waals surface area (Å²) in [6.45, 7) is 0. The predicted octanol–water partition coefficient (Wildman–Crippen LogP) is 3.15. The van der Waals surface area contributed by atoms with E-state index in [4.69, 9.17) is 9.88 Å². The van der Waals surface area contributed by atoms with Gasteiger partial charge in [-0.05, 0) is 77.4 Å². The molecule has 2 aromatic carbocycles. The van der Waals surface area contributed by atoms with Gasteiger partial charge in [-0.25, -0.2) is 9.86 Å². The molecule has 0 unspecified atom stereocenters. The van der Waals surface area contributed by atoms with Gasteiger partial charge in [-0.15, -0.1) is 0 Å². The maximum atomic E-state index is 12.5. The fourth-order valence-electron chi connectivity index (χ4n) is 2.76. The lowest BCUT2D eigenvalue weighted by atomic mass is 10.1. The summed E-state index contributed by atoms with van der Waals surface area (Å²) in [6, 6.07) is 15.0. The molecule has 10 heteroatoms. The number of halogens is 1. The van der Waals surface area contributed by atoms with E-state index in [-0.39, 0.29) is 5.70 Å². The van der Waals surface area contributed by atoms with Gasteiger partial charge in [0.05, 0.1) is 0 Å². The lowest BCUT2D eigenvalue weighted by Crippen LogP contribution is -2.41. The third-order valence-electron chi connectivity index (χ3n) is 4.25. The highest BCUT2D eigenvalue weighted by Gasteiger charge is 2.18. The summed E-state index contributed by atoms with van der Waals surface area (Å²) in [5, 5.41) is 7.33. The molecule has 3 rings (SSSR count). The fourth-order valence-corrected chi connectivity index (χ4v) is 3.73. The Hall–Kier alpha value is -2.96. The Morgan fingerprint density at radius 3 is 2.38 bits per heavy atom. The zero-order valence-corrected chi connectivity index (χ0v) is 19.7. The number of hydrogen-bond donors (Lipinski definition) is 3. The van der Waals surface area contributed by atoms with E-state index in [2.05, 4.69) is 27.9 Å². The Kier molecular flexibility index (Phi) is 7.83. The van der Waals surface area contributed by atoms with Gasteiger partial charge in [0.1, 0.15) is 17.2 Å². The van der Waals surface area contributed by atoms with Crippen LogP contribution in [0.4, 0.5) is 0 Å². The second kappa shape index (κ2) is 10.6. The fraction of sp³-hybridized carbons (Fsp3) is 0.0909. The smallest absolute Gasteiger partial charge is 0.299 e. The standard InChI is InChI=1S/C22H20IN3O5S/c23-18-8-4-5-9-20(18)31-17-12-10-15(11-13-17)14-19(22(28)26-32(24,29)30)25-21(27)16-6-2-1-3-7-16/h1-3,5-7,9-14H,4,8H2,(H,25,27)(H,26,28)(H2,24,29,30)/b19-14-. The third-order valence-corrected chi connectivity index (χ3v) is 5.79. The molecule has 0 fully saturated rings. The monoisotopic (exact) mass is 565 g/mol. The molecule has 0 radical (unpaired) electrons. The zero-order chi connectivity index (χ0) is 23.1. The highest BCUT2D eigenvalue weighted by atomic mass is 127. The van der Waals surface area contributed by atoms with Crippen LogP contribution in [0.15, 0.2) is 81.8 Å². The molecule has 0 heterocycles. The predicted molar refractivity (Wildman–Crippen MR) is 130 cm³/mol. The maximum Gasteiger partial charge on any atom is 0.299 e. The topological polar surface area (TPSA) is 128 Å². The Bertz CT molecular complexity index is 1200. The summed E-state index contributed by atoms with van der Waals surface area (Å²) in [4.78, 5) is 24.9. The largest absolute Gasteiger partial charge is 0.457 e. The lowest BCUT2D eigenvalue weighted by molar-refractivity contribution is -0.116. The quantitative estimate of drug-likeness (QED) is 0.351. The normalized spacial score (nSPS) is 14.1. The molecule has 32 heavy (non-hydrogen) atoms. The van der Waals surface area contributed by atoms with E-state index in [1.54, 1.807) is 59.3 Å². The van der Waals surface area contributed by atoms with E-state index in [0.717, 1.165) is 22.2 Å². The van der Waals surface area contributed by atoms with Crippen LogP contribution in [-0.4, -0.2) is 20.2 Å². The van der Waals surface area contributed by atoms with Crippen LogP contribution in [0.25, 0.3) is 6.08 Å². The Morgan fingerprint density at radius 2 is 1.75 bits per heavy atom. The van der Waals surface area contributed by atoms with E-state index in [0.29, 0.717) is 16.9 Å². The Labute approximate surface area is 199 Å². The Morgan fingerprint density at radius 1 is 1.06 bits per heavy atom. The van der Waals surface area contributed by atoms with Crippen molar-refractivity contribution >= 4 is 50.7 Å². The minimum Gasteiger partial charge on any atom is -0.457 e. The van der Waals surface area contributed by atoms with E-state index >= 15 is 0 Å². The number of ether oxygens (including phenoxy) is 1. The SMILES string of the molecule is NS(=O)(=O)NC(=O)/C(=C/c1ccc(OC2=C(I)CCC=C2)cc1)NC(=O)c1ccccc1. The third kappa shape index (κ3) is 7.04. The van der Waals surface area contributed by atoms with Crippen LogP contribution >= 0.6 is 22.6 Å². The number of hydrogen-bond acceptors (Lipinski definition) is 5. The minimum atomic E-state index is -4.31. The number of carbonyl (C=O) groups is 2. The second-order valence-electron chi connectivity index (χ2n) is 6.74. The van der Waals surface area contributed by atoms with Crippen LogP contribution < -0.4 is 19.9 Å². The summed E-state index contributed by atoms with van der Waals surface area (Å²) in [5.74, 6) is -0.263. The molecule has 1 aliphatic rings. The molecule has 0 aromatic heterocycles. The van der Waals surface area contributed by atoms with E-state index in [9.17, 15) is 18.0 Å². The number of carbonyl (C=O) groups excluding carboxylic acids is 2. The molecule has 1 aliphatic carbocycles. The number of allylic oxidation sites excluding steroid dienone is 3. The highest BCUT2D eigenvalue weighted by molar-refractivity contribution is 14.1. The van der Waals surface area contributed by atoms with Gasteiger partial charge in [-0.3, -0.25) is 9.59 Å². The first-order chi connectivity index (χ1) is 15.2. The molecule has 166 valence electrons. The first kappa shape index (κ1) is 23.7. The summed E-state index contributed by atoms with van der Waals surface area (Å²) in [6.07, 6.45) is 7.22. The van der Waals surface area contributed by atoms with Crippen LogP contribution in [0.1, 0.15) is 28.8 Å². The van der Waals surface area contributed by atoms with E-state index < -0.39 is 22.0 Å². The van der Waals surface area contributed by atoms with Crippen molar-refractivity contribution in [3.8, 4) is 5.75 Å².